The highest BCUT2D eigenvalue weighted by Crippen LogP contribution is 2.02. The van der Waals surface area contributed by atoms with E-state index in [0.717, 1.165) is 19.4 Å². The predicted octanol–water partition coefficient (Wildman–Crippen LogP) is 1.25. The summed E-state index contributed by atoms with van der Waals surface area (Å²) >= 11 is 0. The largest absolute Gasteiger partial charge is 0.461 e. The molecule has 0 bridgehead atoms. The van der Waals surface area contributed by atoms with E-state index in [2.05, 4.69) is 16.9 Å². The fraction of sp³-hybridized carbons (Fsp3) is 0.600. The zero-order chi connectivity index (χ0) is 10.9. The van der Waals surface area contributed by atoms with E-state index in [0.29, 0.717) is 24.9 Å². The third kappa shape index (κ3) is 5.17. The Morgan fingerprint density at radius 3 is 2.60 bits per heavy atom. The van der Waals surface area contributed by atoms with Gasteiger partial charge in [-0.15, -0.1) is 0 Å². The van der Waals surface area contributed by atoms with Gasteiger partial charge in [0.15, 0.2) is 0 Å². The van der Waals surface area contributed by atoms with Gasteiger partial charge in [0.2, 0.25) is 0 Å². The van der Waals surface area contributed by atoms with Crippen molar-refractivity contribution in [2.45, 2.75) is 19.8 Å². The number of nitrogens with two attached hydrogens (primary N) is 1. The molecule has 1 aromatic rings. The van der Waals surface area contributed by atoms with E-state index in [1.54, 1.807) is 0 Å². The Kier molecular flexibility index (Phi) is 5.47. The summed E-state index contributed by atoms with van der Waals surface area (Å²) in [7, 11) is 0. The molecule has 0 aliphatic rings. The van der Waals surface area contributed by atoms with Gasteiger partial charge >= 0.3 is 6.01 Å². The van der Waals surface area contributed by atoms with Gasteiger partial charge in [-0.3, -0.25) is 0 Å². The van der Waals surface area contributed by atoms with E-state index >= 15 is 0 Å². The van der Waals surface area contributed by atoms with E-state index in [-0.39, 0.29) is 0 Å². The maximum atomic E-state index is 5.43. The van der Waals surface area contributed by atoms with Crippen LogP contribution in [0.15, 0.2) is 12.4 Å². The Labute approximate surface area is 89.6 Å². The Morgan fingerprint density at radius 2 is 1.93 bits per heavy atom. The number of unbranched alkanes of at least 4 members (excludes halogenated alkanes) is 1. The van der Waals surface area contributed by atoms with Gasteiger partial charge in [-0.1, -0.05) is 13.3 Å². The van der Waals surface area contributed by atoms with E-state index in [1.165, 1.54) is 12.4 Å². The molecule has 15 heavy (non-hydrogen) atoms. The van der Waals surface area contributed by atoms with Crippen LogP contribution in [0.25, 0.3) is 0 Å². The van der Waals surface area contributed by atoms with E-state index in [9.17, 15) is 0 Å². The van der Waals surface area contributed by atoms with Crippen LogP contribution in [0.4, 0.5) is 5.69 Å². The van der Waals surface area contributed by atoms with Crippen molar-refractivity contribution in [2.24, 2.45) is 0 Å². The lowest BCUT2D eigenvalue weighted by atomic mass is 10.4. The third-order valence-corrected chi connectivity index (χ3v) is 1.75. The number of hydrogen-bond acceptors (Lipinski definition) is 5. The summed E-state index contributed by atoms with van der Waals surface area (Å²) in [6, 6.07) is 0.336. The normalized spacial score (nSPS) is 10.2. The van der Waals surface area contributed by atoms with Gasteiger partial charge < -0.3 is 15.2 Å². The molecule has 0 amide bonds. The van der Waals surface area contributed by atoms with Crippen LogP contribution in [0.1, 0.15) is 19.8 Å². The molecule has 84 valence electrons. The molecule has 0 aromatic carbocycles. The molecule has 1 aromatic heterocycles. The van der Waals surface area contributed by atoms with Crippen LogP contribution in [0.3, 0.4) is 0 Å². The van der Waals surface area contributed by atoms with Crippen molar-refractivity contribution >= 4 is 5.69 Å². The minimum Gasteiger partial charge on any atom is -0.461 e. The molecular formula is C10H17N3O2. The Morgan fingerprint density at radius 1 is 1.20 bits per heavy atom. The summed E-state index contributed by atoms with van der Waals surface area (Å²) < 4.78 is 10.6. The van der Waals surface area contributed by atoms with E-state index in [1.807, 2.05) is 0 Å². The molecule has 5 heteroatoms. The Hall–Kier alpha value is -1.36. The van der Waals surface area contributed by atoms with Gasteiger partial charge in [0, 0.05) is 6.61 Å². The van der Waals surface area contributed by atoms with Gasteiger partial charge in [0.25, 0.3) is 0 Å². The van der Waals surface area contributed by atoms with Crippen molar-refractivity contribution in [1.82, 2.24) is 9.97 Å². The molecule has 5 nitrogen and oxygen atoms in total. The minimum absolute atomic E-state index is 0.336. The average Bonchev–Trinajstić information content (AvgIpc) is 2.26. The van der Waals surface area contributed by atoms with Crippen LogP contribution >= 0.6 is 0 Å². The first-order valence-electron chi connectivity index (χ1n) is 5.11. The summed E-state index contributed by atoms with van der Waals surface area (Å²) in [5, 5.41) is 0. The molecule has 0 aliphatic heterocycles. The lowest BCUT2D eigenvalue weighted by molar-refractivity contribution is 0.0948. The molecule has 1 heterocycles. The Balaban J connectivity index is 2.07. The quantitative estimate of drug-likeness (QED) is 0.687. The highest BCUT2D eigenvalue weighted by molar-refractivity contribution is 5.30. The molecule has 0 aliphatic carbocycles. The summed E-state index contributed by atoms with van der Waals surface area (Å²) in [5.41, 5.74) is 5.96. The molecular weight excluding hydrogens is 194 g/mol. The van der Waals surface area contributed by atoms with Gasteiger partial charge in [0.05, 0.1) is 24.7 Å². The standard InChI is InChI=1S/C10H17N3O2/c1-2-3-4-14-5-6-15-10-12-7-9(11)8-13-10/h7-8H,2-6,11H2,1H3. The lowest BCUT2D eigenvalue weighted by Gasteiger charge is -2.04. The molecule has 0 unspecified atom stereocenters. The van der Waals surface area contributed by atoms with E-state index in [4.69, 9.17) is 15.2 Å². The summed E-state index contributed by atoms with van der Waals surface area (Å²) in [6.07, 6.45) is 5.25. The fourth-order valence-electron chi connectivity index (χ4n) is 0.941. The van der Waals surface area contributed by atoms with Crippen LogP contribution < -0.4 is 10.5 Å². The molecule has 0 saturated heterocycles. The predicted molar refractivity (Wildman–Crippen MR) is 57.7 cm³/mol. The highest BCUT2D eigenvalue weighted by atomic mass is 16.5. The van der Waals surface area contributed by atoms with Crippen molar-refractivity contribution in [3.05, 3.63) is 12.4 Å². The van der Waals surface area contributed by atoms with Crippen molar-refractivity contribution < 1.29 is 9.47 Å². The number of rotatable bonds is 7. The summed E-state index contributed by atoms with van der Waals surface area (Å²) in [5.74, 6) is 0. The monoisotopic (exact) mass is 211 g/mol. The van der Waals surface area contributed by atoms with Gasteiger partial charge in [-0.25, -0.2) is 9.97 Å². The van der Waals surface area contributed by atoms with Crippen molar-refractivity contribution in [3.63, 3.8) is 0 Å². The number of anilines is 1. The van der Waals surface area contributed by atoms with E-state index < -0.39 is 0 Å². The second-order valence-electron chi connectivity index (χ2n) is 3.11. The molecule has 0 saturated carbocycles. The minimum atomic E-state index is 0.336. The molecule has 2 N–H and O–H groups in total. The second kappa shape index (κ2) is 7.00. The maximum absolute atomic E-state index is 5.43. The number of hydrogen-bond donors (Lipinski definition) is 1. The Bertz CT molecular complexity index is 264. The summed E-state index contributed by atoms with van der Waals surface area (Å²) in [6.45, 7) is 3.94. The zero-order valence-corrected chi connectivity index (χ0v) is 8.98. The van der Waals surface area contributed by atoms with Crippen molar-refractivity contribution in [2.75, 3.05) is 25.6 Å². The number of nitrogen functional groups attached to an aromatic ring is 1. The van der Waals surface area contributed by atoms with Crippen molar-refractivity contribution in [3.8, 4) is 6.01 Å². The lowest BCUT2D eigenvalue weighted by Crippen LogP contribution is -2.09. The highest BCUT2D eigenvalue weighted by Gasteiger charge is 1.96. The van der Waals surface area contributed by atoms with Gasteiger partial charge in [-0.05, 0) is 6.42 Å². The molecule has 0 atom stereocenters. The van der Waals surface area contributed by atoms with Crippen LogP contribution in [0, 0.1) is 0 Å². The van der Waals surface area contributed by atoms with Crippen molar-refractivity contribution in [1.29, 1.82) is 0 Å². The van der Waals surface area contributed by atoms with Gasteiger partial charge in [-0.2, -0.15) is 0 Å². The van der Waals surface area contributed by atoms with Crippen LogP contribution in [-0.4, -0.2) is 29.8 Å². The number of nitrogens with zero attached hydrogens (tertiary/aromatic N) is 2. The molecule has 0 spiro atoms. The first-order chi connectivity index (χ1) is 7.33. The van der Waals surface area contributed by atoms with Crippen LogP contribution in [0.5, 0.6) is 6.01 Å². The van der Waals surface area contributed by atoms with Gasteiger partial charge in [0.1, 0.15) is 6.61 Å². The molecule has 1 rings (SSSR count). The first-order valence-corrected chi connectivity index (χ1v) is 5.11. The maximum Gasteiger partial charge on any atom is 0.316 e. The molecule has 0 radical (unpaired) electrons. The third-order valence-electron chi connectivity index (χ3n) is 1.75. The topological polar surface area (TPSA) is 70.3 Å². The number of ether oxygens (including phenoxy) is 2. The SMILES string of the molecule is CCCCOCCOc1ncc(N)cn1. The zero-order valence-electron chi connectivity index (χ0n) is 8.98. The number of aromatic nitrogens is 2. The summed E-state index contributed by atoms with van der Waals surface area (Å²) in [4.78, 5) is 7.80. The second-order valence-corrected chi connectivity index (χ2v) is 3.11. The van der Waals surface area contributed by atoms with Crippen LogP contribution in [-0.2, 0) is 4.74 Å². The average molecular weight is 211 g/mol. The fourth-order valence-corrected chi connectivity index (χ4v) is 0.941. The molecule has 0 fully saturated rings. The van der Waals surface area contributed by atoms with Crippen LogP contribution in [0.2, 0.25) is 0 Å². The smallest absolute Gasteiger partial charge is 0.316 e. The first kappa shape index (κ1) is 11.7.